The number of halogens is 1. The quantitative estimate of drug-likeness (QED) is 0.755. The highest BCUT2D eigenvalue weighted by Crippen LogP contribution is 2.26. The van der Waals surface area contributed by atoms with Crippen LogP contribution < -0.4 is 0 Å². The van der Waals surface area contributed by atoms with Crippen molar-refractivity contribution in [3.8, 4) is 11.1 Å². The van der Waals surface area contributed by atoms with Crippen LogP contribution in [0.5, 0.6) is 0 Å². The lowest BCUT2D eigenvalue weighted by molar-refractivity contribution is 0.0600. The first-order chi connectivity index (χ1) is 8.63. The van der Waals surface area contributed by atoms with Crippen molar-refractivity contribution in [2.75, 3.05) is 7.11 Å². The van der Waals surface area contributed by atoms with Gasteiger partial charge in [0.25, 0.3) is 0 Å². The molecule has 2 rings (SSSR count). The van der Waals surface area contributed by atoms with Crippen molar-refractivity contribution in [2.24, 2.45) is 0 Å². The number of hydrogen-bond donors (Lipinski definition) is 0. The van der Waals surface area contributed by atoms with Gasteiger partial charge < -0.3 is 4.74 Å². The van der Waals surface area contributed by atoms with Gasteiger partial charge in [0, 0.05) is 0 Å². The SMILES string of the molecule is COC(=O)c1cccc(-c2ccc(F)cc2)c1C. The fourth-order valence-corrected chi connectivity index (χ4v) is 1.91. The summed E-state index contributed by atoms with van der Waals surface area (Å²) in [7, 11) is 1.35. The zero-order chi connectivity index (χ0) is 13.1. The fourth-order valence-electron chi connectivity index (χ4n) is 1.91. The molecule has 0 bridgehead atoms. The second-order valence-electron chi connectivity index (χ2n) is 3.98. The number of carbonyl (C=O) groups is 1. The molecule has 0 aliphatic rings. The molecule has 0 saturated carbocycles. The van der Waals surface area contributed by atoms with E-state index in [0.29, 0.717) is 5.56 Å². The lowest BCUT2D eigenvalue weighted by atomic mass is 9.96. The van der Waals surface area contributed by atoms with Crippen LogP contribution in [0.3, 0.4) is 0 Å². The lowest BCUT2D eigenvalue weighted by Gasteiger charge is -2.10. The monoisotopic (exact) mass is 244 g/mol. The smallest absolute Gasteiger partial charge is 0.338 e. The van der Waals surface area contributed by atoms with Gasteiger partial charge in [0.15, 0.2) is 0 Å². The molecule has 0 unspecified atom stereocenters. The van der Waals surface area contributed by atoms with Crippen molar-refractivity contribution >= 4 is 5.97 Å². The van der Waals surface area contributed by atoms with E-state index < -0.39 is 0 Å². The van der Waals surface area contributed by atoms with Crippen LogP contribution in [-0.2, 0) is 4.74 Å². The largest absolute Gasteiger partial charge is 0.465 e. The van der Waals surface area contributed by atoms with Crippen molar-refractivity contribution in [3.05, 3.63) is 59.4 Å². The minimum atomic E-state index is -0.364. The highest BCUT2D eigenvalue weighted by Gasteiger charge is 2.12. The Morgan fingerprint density at radius 1 is 1.11 bits per heavy atom. The molecule has 2 aromatic rings. The van der Waals surface area contributed by atoms with Crippen LogP contribution in [-0.4, -0.2) is 13.1 Å². The summed E-state index contributed by atoms with van der Waals surface area (Å²) >= 11 is 0. The Morgan fingerprint density at radius 3 is 2.39 bits per heavy atom. The standard InChI is InChI=1S/C15H13FO2/c1-10-13(11-6-8-12(16)9-7-11)4-3-5-14(10)15(17)18-2/h3-9H,1-2H3. The first-order valence-electron chi connectivity index (χ1n) is 5.57. The Labute approximate surface area is 105 Å². The van der Waals surface area contributed by atoms with Crippen molar-refractivity contribution in [1.29, 1.82) is 0 Å². The van der Waals surface area contributed by atoms with Crippen LogP contribution >= 0.6 is 0 Å². The molecule has 0 aliphatic heterocycles. The summed E-state index contributed by atoms with van der Waals surface area (Å²) in [5, 5.41) is 0. The van der Waals surface area contributed by atoms with E-state index in [0.717, 1.165) is 16.7 Å². The van der Waals surface area contributed by atoms with E-state index in [1.165, 1.54) is 19.2 Å². The molecule has 0 aromatic heterocycles. The second kappa shape index (κ2) is 5.00. The minimum absolute atomic E-state index is 0.277. The molecule has 92 valence electrons. The van der Waals surface area contributed by atoms with Crippen molar-refractivity contribution in [3.63, 3.8) is 0 Å². The van der Waals surface area contributed by atoms with E-state index in [9.17, 15) is 9.18 Å². The molecule has 0 heterocycles. The molecule has 0 atom stereocenters. The number of ether oxygens (including phenoxy) is 1. The van der Waals surface area contributed by atoms with E-state index >= 15 is 0 Å². The van der Waals surface area contributed by atoms with Gasteiger partial charge in [-0.05, 0) is 41.8 Å². The molecule has 0 saturated heterocycles. The predicted molar refractivity (Wildman–Crippen MR) is 67.9 cm³/mol. The van der Waals surface area contributed by atoms with Crippen molar-refractivity contribution in [2.45, 2.75) is 6.92 Å². The molecule has 0 N–H and O–H groups in total. The molecule has 0 amide bonds. The van der Waals surface area contributed by atoms with Gasteiger partial charge in [-0.25, -0.2) is 9.18 Å². The Bertz CT molecular complexity index is 574. The Morgan fingerprint density at radius 2 is 1.78 bits per heavy atom. The third-order valence-corrected chi connectivity index (χ3v) is 2.89. The van der Waals surface area contributed by atoms with Crippen molar-refractivity contribution < 1.29 is 13.9 Å². The van der Waals surface area contributed by atoms with Crippen LogP contribution in [0.1, 0.15) is 15.9 Å². The third-order valence-electron chi connectivity index (χ3n) is 2.89. The highest BCUT2D eigenvalue weighted by molar-refractivity contribution is 5.93. The van der Waals surface area contributed by atoms with Gasteiger partial charge >= 0.3 is 5.97 Å². The van der Waals surface area contributed by atoms with Crippen LogP contribution in [0, 0.1) is 12.7 Å². The summed E-state index contributed by atoms with van der Waals surface area (Å²) in [6.07, 6.45) is 0. The van der Waals surface area contributed by atoms with E-state index in [-0.39, 0.29) is 11.8 Å². The van der Waals surface area contributed by atoms with E-state index in [4.69, 9.17) is 4.74 Å². The van der Waals surface area contributed by atoms with Gasteiger partial charge in [0.2, 0.25) is 0 Å². The average Bonchev–Trinajstić information content (AvgIpc) is 2.39. The number of carbonyl (C=O) groups excluding carboxylic acids is 1. The topological polar surface area (TPSA) is 26.3 Å². The summed E-state index contributed by atoms with van der Waals surface area (Å²) in [6, 6.07) is 11.6. The molecule has 0 spiro atoms. The molecule has 3 heteroatoms. The van der Waals surface area contributed by atoms with E-state index in [1.807, 2.05) is 13.0 Å². The second-order valence-corrected chi connectivity index (χ2v) is 3.98. The first-order valence-corrected chi connectivity index (χ1v) is 5.57. The maximum absolute atomic E-state index is 12.9. The number of esters is 1. The number of benzene rings is 2. The van der Waals surface area contributed by atoms with E-state index in [2.05, 4.69) is 0 Å². The van der Waals surface area contributed by atoms with E-state index in [1.54, 1.807) is 24.3 Å². The van der Waals surface area contributed by atoms with Gasteiger partial charge in [0.05, 0.1) is 12.7 Å². The van der Waals surface area contributed by atoms with Crippen LogP contribution in [0.2, 0.25) is 0 Å². The van der Waals surface area contributed by atoms with Gasteiger partial charge in [-0.15, -0.1) is 0 Å². The lowest BCUT2D eigenvalue weighted by Crippen LogP contribution is -2.04. The van der Waals surface area contributed by atoms with Crippen LogP contribution in [0.4, 0.5) is 4.39 Å². The minimum Gasteiger partial charge on any atom is -0.465 e. The number of hydrogen-bond acceptors (Lipinski definition) is 2. The summed E-state index contributed by atoms with van der Waals surface area (Å²) < 4.78 is 17.6. The molecule has 0 radical (unpaired) electrons. The Balaban J connectivity index is 2.52. The summed E-state index contributed by atoms with van der Waals surface area (Å²) in [5.74, 6) is -0.642. The molecule has 0 fully saturated rings. The first kappa shape index (κ1) is 12.3. The zero-order valence-electron chi connectivity index (χ0n) is 10.2. The average molecular weight is 244 g/mol. The number of rotatable bonds is 2. The molecular weight excluding hydrogens is 231 g/mol. The van der Waals surface area contributed by atoms with Gasteiger partial charge in [0.1, 0.15) is 5.82 Å². The van der Waals surface area contributed by atoms with Gasteiger partial charge in [-0.1, -0.05) is 24.3 Å². The highest BCUT2D eigenvalue weighted by atomic mass is 19.1. The summed E-state index contributed by atoms with van der Waals surface area (Å²) in [5.41, 5.74) is 3.13. The zero-order valence-corrected chi connectivity index (χ0v) is 10.2. The van der Waals surface area contributed by atoms with Crippen LogP contribution in [0.25, 0.3) is 11.1 Å². The summed E-state index contributed by atoms with van der Waals surface area (Å²) in [4.78, 5) is 11.6. The third kappa shape index (κ3) is 2.25. The summed E-state index contributed by atoms with van der Waals surface area (Å²) in [6.45, 7) is 1.85. The maximum Gasteiger partial charge on any atom is 0.338 e. The fraction of sp³-hybridized carbons (Fsp3) is 0.133. The maximum atomic E-state index is 12.9. The molecule has 2 nitrogen and oxygen atoms in total. The Kier molecular flexibility index (Phi) is 3.42. The molecule has 0 aliphatic carbocycles. The van der Waals surface area contributed by atoms with Gasteiger partial charge in [-0.2, -0.15) is 0 Å². The molecular formula is C15H13FO2. The van der Waals surface area contributed by atoms with Gasteiger partial charge in [-0.3, -0.25) is 0 Å². The molecule has 2 aromatic carbocycles. The molecule has 18 heavy (non-hydrogen) atoms. The predicted octanol–water partition coefficient (Wildman–Crippen LogP) is 3.59. The number of methoxy groups -OCH3 is 1. The Hall–Kier alpha value is -2.16. The van der Waals surface area contributed by atoms with Crippen molar-refractivity contribution in [1.82, 2.24) is 0 Å². The van der Waals surface area contributed by atoms with Crippen LogP contribution in [0.15, 0.2) is 42.5 Å². The normalized spacial score (nSPS) is 10.2.